The molecule has 3 heteroatoms. The van der Waals surface area contributed by atoms with Crippen molar-refractivity contribution in [2.45, 2.75) is 46.3 Å². The van der Waals surface area contributed by atoms with Crippen LogP contribution >= 0.6 is 0 Å². The Hall–Kier alpha value is -1.22. The second-order valence-corrected chi connectivity index (χ2v) is 5.25. The van der Waals surface area contributed by atoms with Gasteiger partial charge in [0, 0.05) is 17.5 Å². The average Bonchev–Trinajstić information content (AvgIpc) is 2.66. The molecule has 2 atom stereocenters. The average molecular weight is 250 g/mol. The van der Waals surface area contributed by atoms with Crippen LogP contribution in [0.15, 0.2) is 12.1 Å². The van der Waals surface area contributed by atoms with E-state index in [1.807, 2.05) is 32.9 Å². The SMILES string of the molecule is CCOc1cc2c(cc1C(O)C(C)C)OC(C)C2. The summed E-state index contributed by atoms with van der Waals surface area (Å²) in [5.41, 5.74) is 2.00. The van der Waals surface area contributed by atoms with Gasteiger partial charge in [-0.2, -0.15) is 0 Å². The first-order chi connectivity index (χ1) is 8.52. The summed E-state index contributed by atoms with van der Waals surface area (Å²) in [7, 11) is 0. The predicted octanol–water partition coefficient (Wildman–Crippen LogP) is 3.10. The van der Waals surface area contributed by atoms with Gasteiger partial charge in [0.2, 0.25) is 0 Å². The van der Waals surface area contributed by atoms with Crippen molar-refractivity contribution in [2.24, 2.45) is 5.92 Å². The van der Waals surface area contributed by atoms with Gasteiger partial charge in [-0.1, -0.05) is 13.8 Å². The van der Waals surface area contributed by atoms with Crippen LogP contribution in [-0.4, -0.2) is 17.8 Å². The Morgan fingerprint density at radius 2 is 2.17 bits per heavy atom. The Bertz CT molecular complexity index is 426. The number of hydrogen-bond acceptors (Lipinski definition) is 3. The van der Waals surface area contributed by atoms with Crippen molar-refractivity contribution in [3.8, 4) is 11.5 Å². The van der Waals surface area contributed by atoms with Gasteiger partial charge in [-0.25, -0.2) is 0 Å². The first kappa shape index (κ1) is 13.2. The maximum absolute atomic E-state index is 10.3. The van der Waals surface area contributed by atoms with Crippen LogP contribution in [0.5, 0.6) is 11.5 Å². The monoisotopic (exact) mass is 250 g/mol. The standard InChI is InChI=1S/C15H22O3/c1-5-17-14-7-11-6-10(4)18-13(11)8-12(14)15(16)9(2)3/h7-10,15-16H,5-6H2,1-4H3. The predicted molar refractivity (Wildman–Crippen MR) is 71.2 cm³/mol. The largest absolute Gasteiger partial charge is 0.493 e. The van der Waals surface area contributed by atoms with E-state index in [4.69, 9.17) is 9.47 Å². The lowest BCUT2D eigenvalue weighted by atomic mass is 9.96. The summed E-state index contributed by atoms with van der Waals surface area (Å²) in [5, 5.41) is 10.3. The first-order valence-corrected chi connectivity index (χ1v) is 6.67. The molecule has 1 aliphatic heterocycles. The molecule has 0 spiro atoms. The molecule has 0 saturated heterocycles. The first-order valence-electron chi connectivity index (χ1n) is 6.67. The molecule has 0 bridgehead atoms. The Kier molecular flexibility index (Phi) is 3.81. The molecule has 18 heavy (non-hydrogen) atoms. The third kappa shape index (κ3) is 2.46. The molecule has 3 nitrogen and oxygen atoms in total. The molecule has 0 aliphatic carbocycles. The van der Waals surface area contributed by atoms with Crippen molar-refractivity contribution in [1.29, 1.82) is 0 Å². The van der Waals surface area contributed by atoms with Crippen LogP contribution in [0.3, 0.4) is 0 Å². The molecule has 1 aliphatic rings. The summed E-state index contributed by atoms with van der Waals surface area (Å²) < 4.78 is 11.4. The van der Waals surface area contributed by atoms with Crippen molar-refractivity contribution in [1.82, 2.24) is 0 Å². The molecule has 2 unspecified atom stereocenters. The van der Waals surface area contributed by atoms with Crippen LogP contribution in [0.2, 0.25) is 0 Å². The number of fused-ring (bicyclic) bond motifs is 1. The van der Waals surface area contributed by atoms with Crippen LogP contribution < -0.4 is 9.47 Å². The Morgan fingerprint density at radius 1 is 1.44 bits per heavy atom. The highest BCUT2D eigenvalue weighted by molar-refractivity contribution is 5.49. The molecule has 1 N–H and O–H groups in total. The van der Waals surface area contributed by atoms with Crippen LogP contribution in [0.25, 0.3) is 0 Å². The Balaban J connectivity index is 2.41. The van der Waals surface area contributed by atoms with Crippen molar-refractivity contribution < 1.29 is 14.6 Å². The molecular formula is C15H22O3. The van der Waals surface area contributed by atoms with Gasteiger partial charge < -0.3 is 14.6 Å². The van der Waals surface area contributed by atoms with Gasteiger partial charge in [0.05, 0.1) is 12.7 Å². The maximum atomic E-state index is 10.3. The number of ether oxygens (including phenoxy) is 2. The number of hydrogen-bond donors (Lipinski definition) is 1. The molecule has 100 valence electrons. The van der Waals surface area contributed by atoms with E-state index >= 15 is 0 Å². The van der Waals surface area contributed by atoms with Crippen LogP contribution in [-0.2, 0) is 6.42 Å². The quantitative estimate of drug-likeness (QED) is 0.892. The van der Waals surface area contributed by atoms with Crippen molar-refractivity contribution in [3.63, 3.8) is 0 Å². The third-order valence-corrected chi connectivity index (χ3v) is 3.28. The molecular weight excluding hydrogens is 228 g/mol. The minimum Gasteiger partial charge on any atom is -0.493 e. The molecule has 0 aromatic heterocycles. The molecule has 2 rings (SSSR count). The number of benzene rings is 1. The number of aliphatic hydroxyl groups excluding tert-OH is 1. The van der Waals surface area contributed by atoms with E-state index in [9.17, 15) is 5.11 Å². The molecule has 0 fully saturated rings. The van der Waals surface area contributed by atoms with Crippen LogP contribution in [0, 0.1) is 5.92 Å². The highest BCUT2D eigenvalue weighted by atomic mass is 16.5. The number of aliphatic hydroxyl groups is 1. The zero-order valence-corrected chi connectivity index (χ0v) is 11.6. The van der Waals surface area contributed by atoms with Gasteiger partial charge in [0.1, 0.15) is 17.6 Å². The Morgan fingerprint density at radius 3 is 2.78 bits per heavy atom. The van der Waals surface area contributed by atoms with Gasteiger partial charge in [-0.3, -0.25) is 0 Å². The lowest BCUT2D eigenvalue weighted by Crippen LogP contribution is -2.08. The van der Waals surface area contributed by atoms with Gasteiger partial charge >= 0.3 is 0 Å². The summed E-state index contributed by atoms with van der Waals surface area (Å²) in [6.45, 7) is 8.61. The van der Waals surface area contributed by atoms with E-state index in [0.29, 0.717) is 6.61 Å². The molecule has 0 saturated carbocycles. The van der Waals surface area contributed by atoms with Gasteiger partial charge in [0.15, 0.2) is 0 Å². The van der Waals surface area contributed by atoms with E-state index in [0.717, 1.165) is 23.5 Å². The highest BCUT2D eigenvalue weighted by Crippen LogP contribution is 2.39. The van der Waals surface area contributed by atoms with Crippen LogP contribution in [0.1, 0.15) is 44.9 Å². The van der Waals surface area contributed by atoms with Gasteiger partial charge in [0.25, 0.3) is 0 Å². The number of rotatable bonds is 4. The minimum atomic E-state index is -0.517. The second kappa shape index (κ2) is 5.19. The molecule has 0 amide bonds. The zero-order chi connectivity index (χ0) is 13.3. The maximum Gasteiger partial charge on any atom is 0.125 e. The fourth-order valence-electron chi connectivity index (χ4n) is 2.33. The van der Waals surface area contributed by atoms with Crippen molar-refractivity contribution >= 4 is 0 Å². The summed E-state index contributed by atoms with van der Waals surface area (Å²) in [4.78, 5) is 0. The smallest absolute Gasteiger partial charge is 0.125 e. The highest BCUT2D eigenvalue weighted by Gasteiger charge is 2.25. The minimum absolute atomic E-state index is 0.154. The van der Waals surface area contributed by atoms with E-state index in [2.05, 4.69) is 6.92 Å². The van der Waals surface area contributed by atoms with E-state index in [1.165, 1.54) is 5.56 Å². The normalized spacial score (nSPS) is 19.6. The lowest BCUT2D eigenvalue weighted by molar-refractivity contribution is 0.122. The molecule has 1 aromatic rings. The lowest BCUT2D eigenvalue weighted by Gasteiger charge is -2.19. The van der Waals surface area contributed by atoms with Gasteiger partial charge in [-0.05, 0) is 31.9 Å². The fourth-order valence-corrected chi connectivity index (χ4v) is 2.33. The zero-order valence-electron chi connectivity index (χ0n) is 11.6. The summed E-state index contributed by atoms with van der Waals surface area (Å²) >= 11 is 0. The second-order valence-electron chi connectivity index (χ2n) is 5.25. The third-order valence-electron chi connectivity index (χ3n) is 3.28. The summed E-state index contributed by atoms with van der Waals surface area (Å²) in [6.07, 6.45) is 0.602. The summed E-state index contributed by atoms with van der Waals surface area (Å²) in [5.74, 6) is 1.83. The fraction of sp³-hybridized carbons (Fsp3) is 0.600. The van der Waals surface area contributed by atoms with Crippen molar-refractivity contribution in [2.75, 3.05) is 6.61 Å². The van der Waals surface area contributed by atoms with Crippen LogP contribution in [0.4, 0.5) is 0 Å². The summed E-state index contributed by atoms with van der Waals surface area (Å²) in [6, 6.07) is 3.96. The van der Waals surface area contributed by atoms with Crippen molar-refractivity contribution in [3.05, 3.63) is 23.3 Å². The van der Waals surface area contributed by atoms with E-state index in [1.54, 1.807) is 0 Å². The molecule has 0 radical (unpaired) electrons. The van der Waals surface area contributed by atoms with E-state index in [-0.39, 0.29) is 12.0 Å². The topological polar surface area (TPSA) is 38.7 Å². The van der Waals surface area contributed by atoms with E-state index < -0.39 is 6.10 Å². The molecule has 1 aromatic carbocycles. The Labute approximate surface area is 109 Å². The molecule has 1 heterocycles. The van der Waals surface area contributed by atoms with Gasteiger partial charge in [-0.15, -0.1) is 0 Å².